The largest absolute Gasteiger partial charge is 0.494 e. The predicted octanol–water partition coefficient (Wildman–Crippen LogP) is 2.21. The van der Waals surface area contributed by atoms with Crippen molar-refractivity contribution in [2.45, 2.75) is 31.8 Å². The fourth-order valence-electron chi connectivity index (χ4n) is 2.18. The van der Waals surface area contributed by atoms with E-state index in [1.807, 2.05) is 25.1 Å². The predicted molar refractivity (Wildman–Crippen MR) is 68.2 cm³/mol. The fraction of sp³-hybridized carbons (Fsp3) is 0.571. The van der Waals surface area contributed by atoms with Crippen LogP contribution in [0, 0.1) is 0 Å². The van der Waals surface area contributed by atoms with Crippen molar-refractivity contribution < 1.29 is 9.84 Å². The van der Waals surface area contributed by atoms with Crippen molar-refractivity contribution in [2.75, 3.05) is 20.3 Å². The molecule has 0 radical (unpaired) electrons. The molecular formula is C14H21NO2. The molecule has 1 aromatic carbocycles. The van der Waals surface area contributed by atoms with Crippen molar-refractivity contribution >= 4 is 0 Å². The Labute approximate surface area is 103 Å². The van der Waals surface area contributed by atoms with E-state index in [4.69, 9.17) is 4.74 Å². The van der Waals surface area contributed by atoms with Crippen LogP contribution in [0.4, 0.5) is 0 Å². The number of ether oxygens (including phenoxy) is 1. The normalized spacial score (nSPS) is 17.2. The van der Waals surface area contributed by atoms with Gasteiger partial charge in [0.15, 0.2) is 0 Å². The molecule has 0 heterocycles. The smallest absolute Gasteiger partial charge is 0.119 e. The molecule has 1 N–H and O–H groups in total. The average molecular weight is 235 g/mol. The van der Waals surface area contributed by atoms with Crippen LogP contribution in [0.5, 0.6) is 5.75 Å². The second-order valence-electron chi connectivity index (χ2n) is 4.60. The van der Waals surface area contributed by atoms with E-state index in [1.165, 1.54) is 12.8 Å². The number of hydrogen-bond donors (Lipinski definition) is 1. The zero-order valence-electron chi connectivity index (χ0n) is 10.6. The highest BCUT2D eigenvalue weighted by molar-refractivity contribution is 5.31. The van der Waals surface area contributed by atoms with E-state index in [2.05, 4.69) is 18.0 Å². The number of aliphatic hydroxyl groups excluding tert-OH is 1. The minimum Gasteiger partial charge on any atom is -0.494 e. The van der Waals surface area contributed by atoms with Gasteiger partial charge in [0.1, 0.15) is 5.75 Å². The van der Waals surface area contributed by atoms with Gasteiger partial charge in [-0.05, 0) is 44.5 Å². The lowest BCUT2D eigenvalue weighted by Gasteiger charge is -2.27. The van der Waals surface area contributed by atoms with Crippen molar-refractivity contribution in [3.63, 3.8) is 0 Å². The third-order valence-corrected chi connectivity index (χ3v) is 3.34. The third kappa shape index (κ3) is 2.99. The van der Waals surface area contributed by atoms with E-state index in [0.29, 0.717) is 12.6 Å². The first kappa shape index (κ1) is 12.4. The number of rotatable bonds is 6. The van der Waals surface area contributed by atoms with Crippen LogP contribution >= 0.6 is 0 Å². The minimum atomic E-state index is 0.0860. The Kier molecular flexibility index (Phi) is 4.02. The molecule has 1 unspecified atom stereocenters. The van der Waals surface area contributed by atoms with Crippen LogP contribution < -0.4 is 4.74 Å². The summed E-state index contributed by atoms with van der Waals surface area (Å²) in [5.41, 5.74) is 1.13. The summed E-state index contributed by atoms with van der Waals surface area (Å²) in [5, 5.41) is 9.56. The van der Waals surface area contributed by atoms with Crippen LogP contribution in [0.3, 0.4) is 0 Å². The third-order valence-electron chi connectivity index (χ3n) is 3.34. The van der Waals surface area contributed by atoms with Crippen LogP contribution in [0.15, 0.2) is 24.3 Å². The van der Waals surface area contributed by atoms with Crippen molar-refractivity contribution in [3.05, 3.63) is 29.8 Å². The standard InChI is InChI=1S/C14H21NO2/c1-3-17-13-6-4-5-11(9-13)14(10-16)15(2)12-7-8-12/h4-6,9,12,14,16H,3,7-8,10H2,1-2H3. The van der Waals surface area contributed by atoms with Crippen molar-refractivity contribution in [1.82, 2.24) is 4.90 Å². The second-order valence-corrected chi connectivity index (χ2v) is 4.60. The maximum atomic E-state index is 9.56. The summed E-state index contributed by atoms with van der Waals surface area (Å²) in [7, 11) is 2.09. The van der Waals surface area contributed by atoms with Gasteiger partial charge in [-0.15, -0.1) is 0 Å². The van der Waals surface area contributed by atoms with E-state index >= 15 is 0 Å². The summed E-state index contributed by atoms with van der Waals surface area (Å²) in [6.45, 7) is 2.81. The molecule has 0 bridgehead atoms. The fourth-order valence-corrected chi connectivity index (χ4v) is 2.18. The lowest BCUT2D eigenvalue weighted by Crippen LogP contribution is -2.29. The highest BCUT2D eigenvalue weighted by Gasteiger charge is 2.31. The molecule has 1 fully saturated rings. The highest BCUT2D eigenvalue weighted by atomic mass is 16.5. The zero-order chi connectivity index (χ0) is 12.3. The van der Waals surface area contributed by atoms with Gasteiger partial charge < -0.3 is 9.84 Å². The summed E-state index contributed by atoms with van der Waals surface area (Å²) in [6.07, 6.45) is 2.50. The average Bonchev–Trinajstić information content (AvgIpc) is 3.14. The van der Waals surface area contributed by atoms with Gasteiger partial charge >= 0.3 is 0 Å². The van der Waals surface area contributed by atoms with Gasteiger partial charge in [0.2, 0.25) is 0 Å². The van der Waals surface area contributed by atoms with Gasteiger partial charge in [-0.3, -0.25) is 4.90 Å². The molecule has 2 rings (SSSR count). The molecule has 0 saturated heterocycles. The van der Waals surface area contributed by atoms with Crippen molar-refractivity contribution in [3.8, 4) is 5.75 Å². The molecule has 1 aromatic rings. The zero-order valence-corrected chi connectivity index (χ0v) is 10.6. The molecule has 0 spiro atoms. The monoisotopic (exact) mass is 235 g/mol. The first-order valence-electron chi connectivity index (χ1n) is 6.31. The molecule has 3 nitrogen and oxygen atoms in total. The molecule has 94 valence electrons. The van der Waals surface area contributed by atoms with Crippen molar-refractivity contribution in [2.24, 2.45) is 0 Å². The van der Waals surface area contributed by atoms with Gasteiger partial charge in [-0.2, -0.15) is 0 Å². The summed E-state index contributed by atoms with van der Waals surface area (Å²) in [6, 6.07) is 8.76. The van der Waals surface area contributed by atoms with E-state index < -0.39 is 0 Å². The summed E-state index contributed by atoms with van der Waals surface area (Å²) < 4.78 is 5.50. The van der Waals surface area contributed by atoms with E-state index in [-0.39, 0.29) is 12.6 Å². The minimum absolute atomic E-state index is 0.0860. The number of hydrogen-bond acceptors (Lipinski definition) is 3. The Balaban J connectivity index is 2.14. The van der Waals surface area contributed by atoms with Crippen LogP contribution in [0.2, 0.25) is 0 Å². The van der Waals surface area contributed by atoms with Gasteiger partial charge in [-0.1, -0.05) is 12.1 Å². The molecule has 1 atom stereocenters. The maximum Gasteiger partial charge on any atom is 0.119 e. The van der Waals surface area contributed by atoms with E-state index in [9.17, 15) is 5.11 Å². The van der Waals surface area contributed by atoms with E-state index in [0.717, 1.165) is 11.3 Å². The second kappa shape index (κ2) is 5.52. The van der Waals surface area contributed by atoms with Gasteiger partial charge in [0.25, 0.3) is 0 Å². The molecule has 0 aromatic heterocycles. The van der Waals surface area contributed by atoms with Crippen LogP contribution in [0.25, 0.3) is 0 Å². The topological polar surface area (TPSA) is 32.7 Å². The molecule has 0 aliphatic heterocycles. The van der Waals surface area contributed by atoms with Gasteiger partial charge in [0.05, 0.1) is 19.3 Å². The van der Waals surface area contributed by atoms with Crippen molar-refractivity contribution in [1.29, 1.82) is 0 Å². The summed E-state index contributed by atoms with van der Waals surface area (Å²) in [4.78, 5) is 2.27. The number of nitrogens with zero attached hydrogens (tertiary/aromatic N) is 1. The number of likely N-dealkylation sites (N-methyl/N-ethyl adjacent to an activating group) is 1. The molecule has 1 aliphatic rings. The molecule has 1 aliphatic carbocycles. The van der Waals surface area contributed by atoms with E-state index in [1.54, 1.807) is 0 Å². The quantitative estimate of drug-likeness (QED) is 0.820. The lowest BCUT2D eigenvalue weighted by molar-refractivity contribution is 0.141. The molecule has 0 amide bonds. The summed E-state index contributed by atoms with van der Waals surface area (Å²) >= 11 is 0. The van der Waals surface area contributed by atoms with Crippen LogP contribution in [0.1, 0.15) is 31.4 Å². The highest BCUT2D eigenvalue weighted by Crippen LogP contribution is 2.33. The lowest BCUT2D eigenvalue weighted by atomic mass is 10.1. The Bertz CT molecular complexity index is 363. The van der Waals surface area contributed by atoms with Crippen LogP contribution in [-0.2, 0) is 0 Å². The SMILES string of the molecule is CCOc1cccc(C(CO)N(C)C2CC2)c1. The van der Waals surface area contributed by atoms with Gasteiger partial charge in [0, 0.05) is 6.04 Å². The number of aliphatic hydroxyl groups is 1. The molecule has 17 heavy (non-hydrogen) atoms. The van der Waals surface area contributed by atoms with Gasteiger partial charge in [-0.25, -0.2) is 0 Å². The number of benzene rings is 1. The molecule has 3 heteroatoms. The molecule has 1 saturated carbocycles. The Hall–Kier alpha value is -1.06. The molecular weight excluding hydrogens is 214 g/mol. The Morgan fingerprint density at radius 2 is 2.24 bits per heavy atom. The maximum absolute atomic E-state index is 9.56. The Morgan fingerprint density at radius 3 is 2.82 bits per heavy atom. The summed E-state index contributed by atoms with van der Waals surface area (Å²) in [5.74, 6) is 0.882. The van der Waals surface area contributed by atoms with Crippen LogP contribution in [-0.4, -0.2) is 36.3 Å². The Morgan fingerprint density at radius 1 is 1.47 bits per heavy atom. The first-order valence-corrected chi connectivity index (χ1v) is 6.31. The first-order chi connectivity index (χ1) is 8.26.